The molecule has 0 saturated heterocycles. The van der Waals surface area contributed by atoms with Gasteiger partial charge in [0.15, 0.2) is 0 Å². The zero-order chi connectivity index (χ0) is 29.7. The molecular weight excluding hydrogens is 575 g/mol. The van der Waals surface area contributed by atoms with Crippen LogP contribution in [0.5, 0.6) is 0 Å². The van der Waals surface area contributed by atoms with E-state index in [1.807, 2.05) is 0 Å². The Morgan fingerprint density at radius 1 is 0.368 bits per heavy atom. The summed E-state index contributed by atoms with van der Waals surface area (Å²) in [5, 5.41) is 8.47. The van der Waals surface area contributed by atoms with Crippen molar-refractivity contribution in [2.75, 3.05) is 79.3 Å². The number of halogens is 13. The predicted molar refractivity (Wildman–Crippen MR) is 97.9 cm³/mol. The molecule has 20 heteroatoms. The molecule has 0 aliphatic carbocycles. The fourth-order valence-corrected chi connectivity index (χ4v) is 2.12. The number of ether oxygens (including phenoxy) is 6. The third kappa shape index (κ3) is 9.77. The number of aliphatic hydroxyl groups is 1. The highest BCUT2D eigenvalue weighted by atomic mass is 19.4. The van der Waals surface area contributed by atoms with Gasteiger partial charge in [0.25, 0.3) is 0 Å². The first-order valence-corrected chi connectivity index (χ1v) is 10.4. The Morgan fingerprint density at radius 3 is 0.974 bits per heavy atom. The summed E-state index contributed by atoms with van der Waals surface area (Å²) in [5.41, 5.74) is 0. The molecule has 0 aromatic carbocycles. The van der Waals surface area contributed by atoms with E-state index >= 15 is 0 Å². The van der Waals surface area contributed by atoms with Gasteiger partial charge in [-0.05, 0) is 0 Å². The minimum Gasteiger partial charge on any atom is -0.394 e. The van der Waals surface area contributed by atoms with Crippen LogP contribution in [-0.4, -0.2) is 120 Å². The average molecular weight is 600 g/mol. The monoisotopic (exact) mass is 600 g/mol. The van der Waals surface area contributed by atoms with Crippen LogP contribution in [0.3, 0.4) is 0 Å². The van der Waals surface area contributed by atoms with Crippen LogP contribution in [0.25, 0.3) is 0 Å². The van der Waals surface area contributed by atoms with Crippen LogP contribution in [0.1, 0.15) is 0 Å². The van der Waals surface area contributed by atoms with E-state index < -0.39 is 55.8 Å². The molecule has 7 nitrogen and oxygen atoms in total. The van der Waals surface area contributed by atoms with Crippen LogP contribution in [0.2, 0.25) is 0 Å². The molecule has 0 aliphatic rings. The number of hydrogen-bond acceptors (Lipinski definition) is 7. The fourth-order valence-electron chi connectivity index (χ4n) is 2.12. The number of hydrogen-bond donors (Lipinski definition) is 1. The summed E-state index contributed by atoms with van der Waals surface area (Å²) in [6.07, 6.45) is -14.1. The lowest BCUT2D eigenvalue weighted by Gasteiger charge is -2.39. The lowest BCUT2D eigenvalue weighted by Crippen LogP contribution is -2.70. The molecule has 1 N–H and O–H groups in total. The van der Waals surface area contributed by atoms with Crippen molar-refractivity contribution in [2.45, 2.75) is 36.0 Å². The van der Waals surface area contributed by atoms with Gasteiger partial charge in [0, 0.05) is 0 Å². The Hall–Kier alpha value is -1.19. The van der Waals surface area contributed by atoms with E-state index in [9.17, 15) is 57.1 Å². The molecule has 0 atom stereocenters. The first-order chi connectivity index (χ1) is 17.3. The maximum Gasteiger partial charge on any atom is 0.460 e. The third-order valence-corrected chi connectivity index (χ3v) is 4.14. The van der Waals surface area contributed by atoms with Crippen molar-refractivity contribution in [2.24, 2.45) is 0 Å². The fraction of sp³-hybridized carbons (Fsp3) is 1.00. The number of alkyl halides is 13. The summed E-state index contributed by atoms with van der Waals surface area (Å²) in [6, 6.07) is 0. The van der Waals surface area contributed by atoms with Crippen LogP contribution in [0.4, 0.5) is 57.1 Å². The topological polar surface area (TPSA) is 75.6 Å². The molecule has 230 valence electrons. The molecule has 0 saturated carbocycles. The van der Waals surface area contributed by atoms with Crippen molar-refractivity contribution in [3.05, 3.63) is 0 Å². The normalized spacial score (nSPS) is 14.4. The molecule has 0 aromatic rings. The van der Waals surface area contributed by atoms with Crippen molar-refractivity contribution in [1.29, 1.82) is 0 Å². The van der Waals surface area contributed by atoms with Crippen LogP contribution >= 0.6 is 0 Å². The summed E-state index contributed by atoms with van der Waals surface area (Å²) < 4.78 is 195. The van der Waals surface area contributed by atoms with Gasteiger partial charge in [0.05, 0.1) is 79.3 Å². The quantitative estimate of drug-likeness (QED) is 0.150. The standard InChI is InChI=1S/C18H25F13O7/c19-13(20,15(23,24)17(27,28)29)14(21,22)16(25,26)18(30,31)38-12-11-37-10-9-36-8-7-35-6-5-34-4-3-33-2-1-32/h32H,1-12H2. The van der Waals surface area contributed by atoms with Crippen LogP contribution in [-0.2, 0) is 28.4 Å². The molecule has 0 aliphatic heterocycles. The smallest absolute Gasteiger partial charge is 0.394 e. The van der Waals surface area contributed by atoms with Gasteiger partial charge in [-0.25, -0.2) is 0 Å². The molecular formula is C18H25F13O7. The van der Waals surface area contributed by atoms with Crippen molar-refractivity contribution in [3.8, 4) is 0 Å². The van der Waals surface area contributed by atoms with E-state index in [1.165, 1.54) is 0 Å². The SMILES string of the molecule is OCCOCCOCCOCCOCCOCCOC(F)(F)C(F)(F)C(F)(F)C(F)(F)C(F)(F)C(F)(F)F. The Balaban J connectivity index is 4.30. The van der Waals surface area contributed by atoms with Gasteiger partial charge in [-0.3, -0.25) is 0 Å². The lowest BCUT2D eigenvalue weighted by atomic mass is 9.97. The molecule has 0 rings (SSSR count). The first kappa shape index (κ1) is 36.8. The van der Waals surface area contributed by atoms with Crippen LogP contribution < -0.4 is 0 Å². The number of aliphatic hydroxyl groups excluding tert-OH is 1. The second-order valence-corrected chi connectivity index (χ2v) is 6.95. The highest BCUT2D eigenvalue weighted by molar-refractivity contribution is 5.08. The van der Waals surface area contributed by atoms with Gasteiger partial charge < -0.3 is 33.5 Å². The molecule has 0 fully saturated rings. The molecule has 0 radical (unpaired) electrons. The van der Waals surface area contributed by atoms with Gasteiger partial charge in [0.2, 0.25) is 0 Å². The maximum absolute atomic E-state index is 13.4. The Bertz CT molecular complexity index is 649. The Morgan fingerprint density at radius 2 is 0.658 bits per heavy atom. The molecule has 0 heterocycles. The molecule has 0 amide bonds. The Kier molecular flexibility index (Phi) is 15.1. The average Bonchev–Trinajstić information content (AvgIpc) is 2.79. The zero-order valence-electron chi connectivity index (χ0n) is 19.3. The van der Waals surface area contributed by atoms with Gasteiger partial charge in [-0.1, -0.05) is 0 Å². The summed E-state index contributed by atoms with van der Waals surface area (Å²) in [7, 11) is 0. The Labute approximate surface area is 207 Å². The van der Waals surface area contributed by atoms with Gasteiger partial charge in [0.1, 0.15) is 0 Å². The minimum absolute atomic E-state index is 0.00954. The second-order valence-electron chi connectivity index (χ2n) is 6.95. The maximum atomic E-state index is 13.4. The molecule has 38 heavy (non-hydrogen) atoms. The van der Waals surface area contributed by atoms with E-state index in [0.29, 0.717) is 0 Å². The van der Waals surface area contributed by atoms with Gasteiger partial charge in [-0.15, -0.1) is 0 Å². The van der Waals surface area contributed by atoms with Crippen molar-refractivity contribution in [1.82, 2.24) is 0 Å². The van der Waals surface area contributed by atoms with E-state index in [1.54, 1.807) is 0 Å². The van der Waals surface area contributed by atoms with Crippen molar-refractivity contribution in [3.63, 3.8) is 0 Å². The largest absolute Gasteiger partial charge is 0.460 e. The molecule has 0 spiro atoms. The molecule has 0 bridgehead atoms. The zero-order valence-corrected chi connectivity index (χ0v) is 19.3. The van der Waals surface area contributed by atoms with Crippen LogP contribution in [0.15, 0.2) is 0 Å². The third-order valence-electron chi connectivity index (χ3n) is 4.14. The number of rotatable bonds is 22. The highest BCUT2D eigenvalue weighted by Gasteiger charge is 2.91. The van der Waals surface area contributed by atoms with Gasteiger partial charge >= 0.3 is 36.0 Å². The second kappa shape index (κ2) is 15.6. The van der Waals surface area contributed by atoms with E-state index in [4.69, 9.17) is 24.1 Å². The van der Waals surface area contributed by atoms with E-state index in [0.717, 1.165) is 0 Å². The predicted octanol–water partition coefficient (Wildman–Crippen LogP) is 3.77. The van der Waals surface area contributed by atoms with Crippen molar-refractivity contribution >= 4 is 0 Å². The van der Waals surface area contributed by atoms with Crippen molar-refractivity contribution < 1.29 is 90.6 Å². The molecule has 0 unspecified atom stereocenters. The summed E-state index contributed by atoms with van der Waals surface area (Å²) in [4.78, 5) is 0. The summed E-state index contributed by atoms with van der Waals surface area (Å²) in [5.74, 6) is -31.2. The summed E-state index contributed by atoms with van der Waals surface area (Å²) >= 11 is 0. The van der Waals surface area contributed by atoms with E-state index in [-0.39, 0.29) is 59.5 Å². The van der Waals surface area contributed by atoms with E-state index in [2.05, 4.69) is 9.47 Å². The lowest BCUT2D eigenvalue weighted by molar-refractivity contribution is -0.466. The van der Waals surface area contributed by atoms with Crippen LogP contribution in [0, 0.1) is 0 Å². The summed E-state index contributed by atoms with van der Waals surface area (Å²) in [6.45, 7) is -2.21. The molecule has 0 aromatic heterocycles. The highest BCUT2D eigenvalue weighted by Crippen LogP contribution is 2.60. The minimum atomic E-state index is -7.98. The first-order valence-electron chi connectivity index (χ1n) is 10.4. The van der Waals surface area contributed by atoms with Gasteiger partial charge in [-0.2, -0.15) is 57.1 Å².